The van der Waals surface area contributed by atoms with Crippen molar-refractivity contribution in [1.82, 2.24) is 4.90 Å². The van der Waals surface area contributed by atoms with Crippen molar-refractivity contribution in [3.8, 4) is 0 Å². The van der Waals surface area contributed by atoms with E-state index in [1.165, 1.54) is 22.5 Å². The molecule has 4 heteroatoms. The molecule has 0 amide bonds. The molecule has 146 valence electrons. The normalized spacial score (nSPS) is 29.3. The minimum absolute atomic E-state index is 0.293. The van der Waals surface area contributed by atoms with Crippen LogP contribution in [-0.2, 0) is 11.2 Å². The van der Waals surface area contributed by atoms with Crippen LogP contribution in [0.2, 0.25) is 0 Å². The summed E-state index contributed by atoms with van der Waals surface area (Å²) in [6, 6.07) is 8.94. The summed E-state index contributed by atoms with van der Waals surface area (Å²) >= 11 is 0. The van der Waals surface area contributed by atoms with Gasteiger partial charge in [-0.1, -0.05) is 42.8 Å². The van der Waals surface area contributed by atoms with Crippen molar-refractivity contribution in [3.05, 3.63) is 65.4 Å². The number of likely N-dealkylation sites (tertiary alicyclic amines) is 1. The molecule has 1 saturated heterocycles. The van der Waals surface area contributed by atoms with E-state index in [9.17, 15) is 9.90 Å². The molecule has 2 aliphatic heterocycles. The van der Waals surface area contributed by atoms with Gasteiger partial charge in [-0.3, -0.25) is 9.69 Å². The molecular formula is C24H28N2O2. The summed E-state index contributed by atoms with van der Waals surface area (Å²) in [5, 5.41) is 9.60. The molecular weight excluding hydrogens is 348 g/mol. The lowest BCUT2D eigenvalue weighted by Gasteiger charge is -2.34. The number of aliphatic carboxylic acids is 1. The molecule has 0 aromatic heterocycles. The maximum absolute atomic E-state index is 11.7. The molecule has 3 atom stereocenters. The molecule has 5 rings (SSSR count). The van der Waals surface area contributed by atoms with Gasteiger partial charge in [0, 0.05) is 24.0 Å². The molecule has 3 unspecified atom stereocenters. The van der Waals surface area contributed by atoms with Crippen LogP contribution in [0.3, 0.4) is 0 Å². The third-order valence-electron chi connectivity index (χ3n) is 6.72. The van der Waals surface area contributed by atoms with Crippen molar-refractivity contribution >= 4 is 11.7 Å². The van der Waals surface area contributed by atoms with Gasteiger partial charge in [0.05, 0.1) is 0 Å². The molecule has 0 radical (unpaired) electrons. The first-order valence-electron chi connectivity index (χ1n) is 10.6. The van der Waals surface area contributed by atoms with Crippen molar-refractivity contribution in [2.24, 2.45) is 5.92 Å². The molecule has 1 N–H and O–H groups in total. The van der Waals surface area contributed by atoms with Gasteiger partial charge < -0.3 is 10.0 Å². The Morgan fingerprint density at radius 2 is 2.07 bits per heavy atom. The highest BCUT2D eigenvalue weighted by Gasteiger charge is 2.46. The van der Waals surface area contributed by atoms with Gasteiger partial charge >= 0.3 is 5.97 Å². The van der Waals surface area contributed by atoms with Gasteiger partial charge in [0.2, 0.25) is 0 Å². The number of allylic oxidation sites excluding steroid dienone is 5. The molecule has 1 saturated carbocycles. The minimum atomic E-state index is -0.651. The van der Waals surface area contributed by atoms with E-state index in [2.05, 4.69) is 58.4 Å². The number of hydrogen-bond acceptors (Lipinski definition) is 3. The Hall–Kier alpha value is -2.33. The van der Waals surface area contributed by atoms with Crippen LogP contribution in [0.5, 0.6) is 0 Å². The number of fused-ring (bicyclic) bond motifs is 2. The topological polar surface area (TPSA) is 43.8 Å². The highest BCUT2D eigenvalue weighted by molar-refractivity contribution is 5.73. The fourth-order valence-electron chi connectivity index (χ4n) is 5.16. The number of carbonyl (C=O) groups is 1. The molecule has 1 aromatic carbocycles. The number of piperidine rings is 1. The number of anilines is 1. The average Bonchev–Trinajstić information content (AvgIpc) is 3.49. The number of para-hydroxylation sites is 1. The van der Waals surface area contributed by atoms with Crippen LogP contribution in [0.25, 0.3) is 0 Å². The maximum atomic E-state index is 11.7. The summed E-state index contributed by atoms with van der Waals surface area (Å²) in [6.07, 6.45) is 15.1. The largest absolute Gasteiger partial charge is 0.480 e. The molecule has 2 aliphatic carbocycles. The molecule has 0 bridgehead atoms. The van der Waals surface area contributed by atoms with E-state index >= 15 is 0 Å². The lowest BCUT2D eigenvalue weighted by atomic mass is 10.0. The maximum Gasteiger partial charge on any atom is 0.320 e. The highest BCUT2D eigenvalue weighted by Crippen LogP contribution is 2.46. The second-order valence-electron chi connectivity index (χ2n) is 8.52. The Kier molecular flexibility index (Phi) is 4.59. The van der Waals surface area contributed by atoms with Crippen LogP contribution in [0, 0.1) is 5.92 Å². The molecule has 1 aromatic rings. The zero-order chi connectivity index (χ0) is 19.1. The Balaban J connectivity index is 1.40. The highest BCUT2D eigenvalue weighted by atomic mass is 16.4. The first kappa shape index (κ1) is 17.7. The van der Waals surface area contributed by atoms with Crippen LogP contribution in [0.1, 0.15) is 37.7 Å². The zero-order valence-electron chi connectivity index (χ0n) is 16.3. The number of hydrogen-bond donors (Lipinski definition) is 1. The van der Waals surface area contributed by atoms with Crippen LogP contribution in [-0.4, -0.2) is 41.1 Å². The van der Waals surface area contributed by atoms with E-state index in [1.807, 2.05) is 0 Å². The molecule has 4 nitrogen and oxygen atoms in total. The van der Waals surface area contributed by atoms with Gasteiger partial charge in [0.25, 0.3) is 0 Å². The molecule has 2 fully saturated rings. The van der Waals surface area contributed by atoms with E-state index in [0.717, 1.165) is 51.6 Å². The smallest absolute Gasteiger partial charge is 0.320 e. The molecule has 0 spiro atoms. The fourth-order valence-corrected chi connectivity index (χ4v) is 5.16. The van der Waals surface area contributed by atoms with Gasteiger partial charge in [-0.25, -0.2) is 0 Å². The number of nitrogens with zero attached hydrogens (tertiary/aromatic N) is 2. The summed E-state index contributed by atoms with van der Waals surface area (Å²) in [7, 11) is 0. The molecule has 28 heavy (non-hydrogen) atoms. The van der Waals surface area contributed by atoms with Gasteiger partial charge in [-0.15, -0.1) is 0 Å². The molecule has 4 aliphatic rings. The van der Waals surface area contributed by atoms with Gasteiger partial charge in [-0.05, 0) is 67.8 Å². The first-order valence-corrected chi connectivity index (χ1v) is 10.6. The van der Waals surface area contributed by atoms with E-state index in [0.29, 0.717) is 12.0 Å². The van der Waals surface area contributed by atoms with E-state index in [1.54, 1.807) is 0 Å². The summed E-state index contributed by atoms with van der Waals surface area (Å²) in [5.41, 5.74) is 5.48. The van der Waals surface area contributed by atoms with Crippen LogP contribution in [0.15, 0.2) is 59.8 Å². The number of rotatable bonds is 4. The fraction of sp³-hybridized carbons (Fsp3) is 0.458. The predicted molar refractivity (Wildman–Crippen MR) is 111 cm³/mol. The van der Waals surface area contributed by atoms with Crippen molar-refractivity contribution in [2.45, 2.75) is 50.6 Å². The van der Waals surface area contributed by atoms with Crippen molar-refractivity contribution < 1.29 is 9.90 Å². The SMILES string of the molecule is O=C(O)C1CCCCN1CC1CC1N1C2=CC=CCC2=CCc2ccccc21. The third kappa shape index (κ3) is 3.20. The van der Waals surface area contributed by atoms with Gasteiger partial charge in [0.1, 0.15) is 6.04 Å². The first-order chi connectivity index (χ1) is 13.7. The zero-order valence-corrected chi connectivity index (χ0v) is 16.3. The lowest BCUT2D eigenvalue weighted by Crippen LogP contribution is -2.46. The summed E-state index contributed by atoms with van der Waals surface area (Å²) < 4.78 is 0. The number of carboxylic acid groups (broad SMARTS) is 1. The summed E-state index contributed by atoms with van der Waals surface area (Å²) in [4.78, 5) is 16.5. The van der Waals surface area contributed by atoms with Gasteiger partial charge in [0.15, 0.2) is 0 Å². The quantitative estimate of drug-likeness (QED) is 0.857. The van der Waals surface area contributed by atoms with Crippen LogP contribution < -0.4 is 4.90 Å². The summed E-state index contributed by atoms with van der Waals surface area (Å²) in [5.74, 6) is -0.110. The summed E-state index contributed by atoms with van der Waals surface area (Å²) in [6.45, 7) is 1.83. The van der Waals surface area contributed by atoms with Crippen molar-refractivity contribution in [3.63, 3.8) is 0 Å². The van der Waals surface area contributed by atoms with Crippen molar-refractivity contribution in [2.75, 3.05) is 18.0 Å². The number of benzene rings is 1. The van der Waals surface area contributed by atoms with Crippen LogP contribution in [0.4, 0.5) is 5.69 Å². The lowest BCUT2D eigenvalue weighted by molar-refractivity contribution is -0.144. The Labute approximate surface area is 166 Å². The predicted octanol–water partition coefficient (Wildman–Crippen LogP) is 4.15. The Morgan fingerprint density at radius 3 is 2.96 bits per heavy atom. The average molecular weight is 377 g/mol. The minimum Gasteiger partial charge on any atom is -0.480 e. The van der Waals surface area contributed by atoms with E-state index in [4.69, 9.17) is 0 Å². The van der Waals surface area contributed by atoms with Crippen molar-refractivity contribution in [1.29, 1.82) is 0 Å². The third-order valence-corrected chi connectivity index (χ3v) is 6.72. The van der Waals surface area contributed by atoms with Crippen LogP contribution >= 0.6 is 0 Å². The number of carboxylic acids is 1. The second kappa shape index (κ2) is 7.25. The van der Waals surface area contributed by atoms with E-state index < -0.39 is 5.97 Å². The second-order valence-corrected chi connectivity index (χ2v) is 8.52. The molecule has 2 heterocycles. The van der Waals surface area contributed by atoms with Gasteiger partial charge in [-0.2, -0.15) is 0 Å². The monoisotopic (exact) mass is 376 g/mol. The standard InChI is InChI=1S/C24H28N2O2/c27-24(28)22-11-5-6-14-25(22)16-19-15-23(19)26-20-9-3-1-7-17(20)12-13-18-8-2-4-10-21(18)26/h1-4,7,9-10,13,19,22-23H,5-6,8,11-12,14-16H2,(H,27,28). The van der Waals surface area contributed by atoms with E-state index in [-0.39, 0.29) is 6.04 Å². The Bertz CT molecular complexity index is 869. The Morgan fingerprint density at radius 1 is 1.18 bits per heavy atom.